The average molecular weight is 766 g/mol. The van der Waals surface area contributed by atoms with Gasteiger partial charge in [0.25, 0.3) is 0 Å². The molecule has 4 atom stereocenters. The highest BCUT2D eigenvalue weighted by atomic mass is 32.2. The molecule has 4 aliphatic heterocycles. The van der Waals surface area contributed by atoms with Crippen LogP contribution in [0.4, 0.5) is 14.9 Å². The normalized spacial score (nSPS) is 26.3. The van der Waals surface area contributed by atoms with Crippen molar-refractivity contribution in [2.75, 3.05) is 77.5 Å². The first-order valence-corrected chi connectivity index (χ1v) is 21.3. The zero-order valence-corrected chi connectivity index (χ0v) is 32.3. The predicted molar refractivity (Wildman–Crippen MR) is 206 cm³/mol. The van der Waals surface area contributed by atoms with Gasteiger partial charge < -0.3 is 34.8 Å². The van der Waals surface area contributed by atoms with Crippen LogP contribution in [-0.2, 0) is 24.8 Å². The van der Waals surface area contributed by atoms with Gasteiger partial charge in [0.1, 0.15) is 11.4 Å². The van der Waals surface area contributed by atoms with Crippen LogP contribution in [0.3, 0.4) is 0 Å². The van der Waals surface area contributed by atoms with E-state index in [1.165, 1.54) is 19.3 Å². The Hall–Kier alpha value is -3.52. The van der Waals surface area contributed by atoms with Gasteiger partial charge in [-0.1, -0.05) is 25.1 Å². The number of anilines is 1. The molecule has 0 bridgehead atoms. The van der Waals surface area contributed by atoms with Gasteiger partial charge in [-0.2, -0.15) is 0 Å². The Morgan fingerprint density at radius 3 is 2.37 bits per heavy atom. The van der Waals surface area contributed by atoms with Crippen LogP contribution in [0.1, 0.15) is 56.9 Å². The molecule has 2 aromatic carbocycles. The van der Waals surface area contributed by atoms with Gasteiger partial charge in [0.05, 0.1) is 17.3 Å². The number of rotatable bonds is 12. The molecular formula is C41H56FN5O6S. The number of carbonyl (C=O) groups is 2. The van der Waals surface area contributed by atoms with E-state index in [1.807, 2.05) is 18.2 Å². The molecule has 0 aromatic heterocycles. The van der Waals surface area contributed by atoms with E-state index < -0.39 is 26.8 Å². The van der Waals surface area contributed by atoms with Crippen molar-refractivity contribution in [3.8, 4) is 0 Å². The van der Waals surface area contributed by atoms with E-state index in [2.05, 4.69) is 32.7 Å². The minimum absolute atomic E-state index is 0.0542. The van der Waals surface area contributed by atoms with Gasteiger partial charge in [-0.3, -0.25) is 4.79 Å². The molecule has 0 spiro atoms. The summed E-state index contributed by atoms with van der Waals surface area (Å²) < 4.78 is 47.0. The number of sulfone groups is 1. The third-order valence-corrected chi connectivity index (χ3v) is 15.3. The molecule has 2 aromatic rings. The van der Waals surface area contributed by atoms with Crippen LogP contribution in [0, 0.1) is 17.7 Å². The number of hydrogen-bond acceptors (Lipinski definition) is 9. The largest absolute Gasteiger partial charge is 0.453 e. The molecule has 294 valence electrons. The molecule has 4 saturated heterocycles. The van der Waals surface area contributed by atoms with Crippen LogP contribution < -0.4 is 10.2 Å². The van der Waals surface area contributed by atoms with Crippen molar-refractivity contribution in [2.45, 2.75) is 78.6 Å². The summed E-state index contributed by atoms with van der Waals surface area (Å²) in [6.07, 6.45) is 7.74. The van der Waals surface area contributed by atoms with Gasteiger partial charge >= 0.3 is 6.09 Å². The van der Waals surface area contributed by atoms with E-state index in [9.17, 15) is 23.1 Å². The van der Waals surface area contributed by atoms with Crippen molar-refractivity contribution < 1.29 is 32.2 Å². The number of benzene rings is 2. The molecule has 0 unspecified atom stereocenters. The van der Waals surface area contributed by atoms with Gasteiger partial charge in [-0.05, 0) is 131 Å². The molecule has 13 heteroatoms. The van der Waals surface area contributed by atoms with E-state index in [-0.39, 0.29) is 46.5 Å². The first kappa shape index (κ1) is 38.7. The maximum Gasteiger partial charge on any atom is 0.407 e. The van der Waals surface area contributed by atoms with Crippen molar-refractivity contribution in [1.82, 2.24) is 20.0 Å². The molecule has 5 fully saturated rings. The van der Waals surface area contributed by atoms with Crippen LogP contribution in [-0.4, -0.2) is 130 Å². The second kappa shape index (κ2) is 15.9. The average Bonchev–Trinajstić information content (AvgIpc) is 3.62. The molecule has 4 heterocycles. The summed E-state index contributed by atoms with van der Waals surface area (Å²) in [5.41, 5.74) is 0.646. The van der Waals surface area contributed by atoms with E-state index >= 15 is 4.39 Å². The van der Waals surface area contributed by atoms with Crippen molar-refractivity contribution in [3.05, 3.63) is 72.6 Å². The van der Waals surface area contributed by atoms with E-state index in [4.69, 9.17) is 4.74 Å². The lowest BCUT2D eigenvalue weighted by atomic mass is 9.57. The summed E-state index contributed by atoms with van der Waals surface area (Å²) in [5.74, 6) is -0.0760. The number of β-amino-alcohol motifs (C(OH)–C–C–N with tert-alkyl or cyclic N) is 1. The number of aliphatic hydroxyl groups is 1. The summed E-state index contributed by atoms with van der Waals surface area (Å²) in [7, 11) is -2.22. The van der Waals surface area contributed by atoms with Gasteiger partial charge in [0.2, 0.25) is 5.91 Å². The highest BCUT2D eigenvalue weighted by Gasteiger charge is 2.53. The Morgan fingerprint density at radius 1 is 0.981 bits per heavy atom. The molecule has 0 radical (unpaired) electrons. The maximum atomic E-state index is 15.0. The summed E-state index contributed by atoms with van der Waals surface area (Å²) in [6, 6.07) is 14.0. The number of nitrogens with zero attached hydrogens (tertiary/aromatic N) is 4. The minimum Gasteiger partial charge on any atom is -0.453 e. The fraction of sp³-hybridized carbons (Fsp3) is 0.610. The van der Waals surface area contributed by atoms with Crippen molar-refractivity contribution >= 4 is 27.5 Å². The molecule has 2 amide bonds. The zero-order chi connectivity index (χ0) is 38.1. The summed E-state index contributed by atoms with van der Waals surface area (Å²) in [5, 5.41) is 14.1. The number of alkyl carbamates (subject to hydrolysis) is 1. The van der Waals surface area contributed by atoms with E-state index in [0.29, 0.717) is 39.0 Å². The molecule has 1 saturated carbocycles. The number of likely N-dealkylation sites (tertiary alicyclic amines) is 3. The van der Waals surface area contributed by atoms with E-state index in [1.54, 1.807) is 23.1 Å². The first-order chi connectivity index (χ1) is 25.9. The smallest absolute Gasteiger partial charge is 0.407 e. The summed E-state index contributed by atoms with van der Waals surface area (Å²) >= 11 is 0. The Labute approximate surface area is 319 Å². The number of piperidine rings is 2. The highest BCUT2D eigenvalue weighted by Crippen LogP contribution is 2.51. The molecule has 5 aliphatic rings. The number of halogens is 1. The monoisotopic (exact) mass is 765 g/mol. The molecule has 1 aliphatic carbocycles. The highest BCUT2D eigenvalue weighted by molar-refractivity contribution is 7.92. The quantitative estimate of drug-likeness (QED) is 0.306. The number of ether oxygens (including phenoxy) is 1. The molecule has 2 N–H and O–H groups in total. The Kier molecular flexibility index (Phi) is 11.4. The third-order valence-electron chi connectivity index (χ3n) is 13.1. The first-order valence-electron chi connectivity index (χ1n) is 19.7. The lowest BCUT2D eigenvalue weighted by Crippen LogP contribution is -2.67. The van der Waals surface area contributed by atoms with Gasteiger partial charge in [-0.25, -0.2) is 17.6 Å². The van der Waals surface area contributed by atoms with Crippen LogP contribution in [0.15, 0.2) is 66.1 Å². The topological polar surface area (TPSA) is 123 Å². The fourth-order valence-corrected chi connectivity index (χ4v) is 12.0. The molecule has 54 heavy (non-hydrogen) atoms. The standard InChI is InChI=1S/C41H56FN5O6S/c1-3-38(48)46-21-6-10-35(25-46)54(51,52)34-15-13-33(14-16-34)47-27-40(50,28-47)26-45-22-17-30(18-23-45)41(29-44-19-7-20-44,31-8-4-9-32(42)24-31)36-11-5-12-37(36)43-39(49)53-2/h3-4,8-9,13-16,24,30,35-37,50H,1,5-7,10-12,17-23,25-29H2,2H3,(H,43,49)/t35-,36+,37+,41+/m1/s1. The second-order valence-electron chi connectivity index (χ2n) is 16.4. The van der Waals surface area contributed by atoms with Crippen LogP contribution in [0.25, 0.3) is 0 Å². The lowest BCUT2D eigenvalue weighted by molar-refractivity contribution is -0.126. The van der Waals surface area contributed by atoms with Crippen molar-refractivity contribution in [1.29, 1.82) is 0 Å². The van der Waals surface area contributed by atoms with Gasteiger partial charge in [0, 0.05) is 56.4 Å². The van der Waals surface area contributed by atoms with Crippen LogP contribution in [0.5, 0.6) is 0 Å². The van der Waals surface area contributed by atoms with Gasteiger partial charge in [0.15, 0.2) is 9.84 Å². The summed E-state index contributed by atoms with van der Waals surface area (Å²) in [4.78, 5) is 33.4. The number of nitrogens with one attached hydrogen (secondary N) is 1. The molecular weight excluding hydrogens is 710 g/mol. The number of amides is 2. The Bertz CT molecular complexity index is 1780. The second-order valence-corrected chi connectivity index (χ2v) is 18.6. The van der Waals surface area contributed by atoms with Crippen LogP contribution in [0.2, 0.25) is 0 Å². The van der Waals surface area contributed by atoms with Crippen molar-refractivity contribution in [3.63, 3.8) is 0 Å². The zero-order valence-electron chi connectivity index (χ0n) is 31.5. The van der Waals surface area contributed by atoms with Crippen molar-refractivity contribution in [2.24, 2.45) is 11.8 Å². The maximum absolute atomic E-state index is 15.0. The van der Waals surface area contributed by atoms with Gasteiger partial charge in [-0.15, -0.1) is 0 Å². The predicted octanol–water partition coefficient (Wildman–Crippen LogP) is 4.21. The fourth-order valence-electron chi connectivity index (χ4n) is 10.3. The van der Waals surface area contributed by atoms with E-state index in [0.717, 1.165) is 82.5 Å². The number of carbonyl (C=O) groups excluding carboxylic acids is 2. The number of hydrogen-bond donors (Lipinski definition) is 2. The molecule has 11 nitrogen and oxygen atoms in total. The molecule has 7 rings (SSSR count). The SMILES string of the molecule is C=CC(=O)N1CCC[C@@H](S(=O)(=O)c2ccc(N3CC(O)(CN4CCC([C@@](CN5CCC5)(c5cccc(F)c5)[C@H]5CCC[C@@H]5NC(=O)OC)CC4)C3)cc2)C1. The Balaban J connectivity index is 1.00. The third kappa shape index (κ3) is 7.79. The Morgan fingerprint density at radius 2 is 1.72 bits per heavy atom. The number of methoxy groups -OCH3 is 1. The summed E-state index contributed by atoms with van der Waals surface area (Å²) in [6.45, 7) is 10.2. The van der Waals surface area contributed by atoms with Crippen LogP contribution >= 0.6 is 0 Å². The minimum atomic E-state index is -3.61. The lowest BCUT2D eigenvalue weighted by Gasteiger charge is -2.55.